The molecule has 0 saturated heterocycles. The Bertz CT molecular complexity index is 578. The SMILES string of the molecule is CCOC(=O)C(F)n1c2c(ccc1=O)C(=O)CCC2. The summed E-state index contributed by atoms with van der Waals surface area (Å²) < 4.78 is 19.4. The molecule has 1 aliphatic rings. The number of ether oxygens (including phenoxy) is 1. The van der Waals surface area contributed by atoms with E-state index in [-0.39, 0.29) is 18.1 Å². The number of alkyl halides is 1. The first-order valence-electron chi connectivity index (χ1n) is 6.14. The zero-order valence-electron chi connectivity index (χ0n) is 10.5. The van der Waals surface area contributed by atoms with Gasteiger partial charge >= 0.3 is 5.97 Å². The Labute approximate surface area is 109 Å². The Morgan fingerprint density at radius 3 is 2.84 bits per heavy atom. The zero-order valence-corrected chi connectivity index (χ0v) is 10.5. The highest BCUT2D eigenvalue weighted by atomic mass is 19.1. The standard InChI is InChI=1S/C13H14FNO4/c1-2-19-13(18)12(14)15-9-4-3-5-10(16)8(9)6-7-11(15)17/h6-7,12H,2-5H2,1H3. The molecule has 1 unspecified atom stereocenters. The molecule has 0 amide bonds. The van der Waals surface area contributed by atoms with Crippen molar-refractivity contribution >= 4 is 11.8 Å². The fraction of sp³-hybridized carbons (Fsp3) is 0.462. The number of ketones is 1. The molecule has 5 nitrogen and oxygen atoms in total. The normalized spacial score (nSPS) is 15.8. The lowest BCUT2D eigenvalue weighted by molar-refractivity contribution is -0.153. The second-order valence-corrected chi connectivity index (χ2v) is 4.27. The summed E-state index contributed by atoms with van der Waals surface area (Å²) in [6.07, 6.45) is -0.878. The van der Waals surface area contributed by atoms with E-state index >= 15 is 0 Å². The van der Waals surface area contributed by atoms with Gasteiger partial charge in [-0.2, -0.15) is 0 Å². The zero-order chi connectivity index (χ0) is 14.0. The number of halogens is 1. The van der Waals surface area contributed by atoms with Crippen LogP contribution in [0, 0.1) is 0 Å². The number of carbonyl (C=O) groups is 2. The highest BCUT2D eigenvalue weighted by molar-refractivity contribution is 5.98. The number of fused-ring (bicyclic) bond motifs is 1. The van der Waals surface area contributed by atoms with E-state index in [1.165, 1.54) is 6.07 Å². The van der Waals surface area contributed by atoms with Crippen molar-refractivity contribution in [3.63, 3.8) is 0 Å². The Balaban J connectivity index is 2.50. The molecule has 0 bridgehead atoms. The van der Waals surface area contributed by atoms with Gasteiger partial charge in [-0.15, -0.1) is 0 Å². The molecule has 0 saturated carbocycles. The quantitative estimate of drug-likeness (QED) is 0.776. The lowest BCUT2D eigenvalue weighted by Crippen LogP contribution is -2.33. The molecule has 0 aromatic carbocycles. The topological polar surface area (TPSA) is 65.4 Å². The van der Waals surface area contributed by atoms with E-state index in [0.29, 0.717) is 24.8 Å². The van der Waals surface area contributed by atoms with Gasteiger partial charge in [0.25, 0.3) is 11.9 Å². The van der Waals surface area contributed by atoms with Crippen LogP contribution in [0.15, 0.2) is 16.9 Å². The Hall–Kier alpha value is -1.98. The van der Waals surface area contributed by atoms with Crippen LogP contribution in [0.5, 0.6) is 0 Å². The van der Waals surface area contributed by atoms with Crippen molar-refractivity contribution in [2.24, 2.45) is 0 Å². The largest absolute Gasteiger partial charge is 0.462 e. The van der Waals surface area contributed by atoms with Gasteiger partial charge in [0.15, 0.2) is 5.78 Å². The first kappa shape index (κ1) is 13.5. The molecule has 0 aliphatic heterocycles. The summed E-state index contributed by atoms with van der Waals surface area (Å²) in [4.78, 5) is 34.9. The van der Waals surface area contributed by atoms with Crippen molar-refractivity contribution in [3.05, 3.63) is 33.7 Å². The minimum Gasteiger partial charge on any atom is -0.462 e. The molecular formula is C13H14FNO4. The third-order valence-electron chi connectivity index (χ3n) is 3.06. The van der Waals surface area contributed by atoms with Crippen LogP contribution in [0.4, 0.5) is 4.39 Å². The molecule has 2 rings (SSSR count). The van der Waals surface area contributed by atoms with E-state index in [1.54, 1.807) is 6.92 Å². The van der Waals surface area contributed by atoms with Crippen LogP contribution in [-0.4, -0.2) is 22.9 Å². The predicted molar refractivity (Wildman–Crippen MR) is 64.7 cm³/mol. The highest BCUT2D eigenvalue weighted by Gasteiger charge is 2.28. The molecule has 1 aliphatic carbocycles. The Morgan fingerprint density at radius 2 is 2.16 bits per heavy atom. The number of carbonyl (C=O) groups excluding carboxylic acids is 2. The molecule has 0 radical (unpaired) electrons. The predicted octanol–water partition coefficient (Wildman–Crippen LogP) is 1.40. The van der Waals surface area contributed by atoms with E-state index < -0.39 is 17.8 Å². The van der Waals surface area contributed by atoms with Crippen molar-refractivity contribution in [1.29, 1.82) is 0 Å². The number of Topliss-reactive ketones (excluding diaryl/α,β-unsaturated/α-hetero) is 1. The highest BCUT2D eigenvalue weighted by Crippen LogP contribution is 2.23. The van der Waals surface area contributed by atoms with Gasteiger partial charge in [-0.1, -0.05) is 0 Å². The molecule has 19 heavy (non-hydrogen) atoms. The van der Waals surface area contributed by atoms with Crippen molar-refractivity contribution in [2.45, 2.75) is 32.5 Å². The van der Waals surface area contributed by atoms with Gasteiger partial charge < -0.3 is 4.74 Å². The van der Waals surface area contributed by atoms with Crippen LogP contribution in [0.25, 0.3) is 0 Å². The smallest absolute Gasteiger partial charge is 0.362 e. The second-order valence-electron chi connectivity index (χ2n) is 4.27. The fourth-order valence-electron chi connectivity index (χ4n) is 2.22. The van der Waals surface area contributed by atoms with Gasteiger partial charge in [0.1, 0.15) is 0 Å². The number of pyridine rings is 1. The lowest BCUT2D eigenvalue weighted by atomic mass is 9.94. The van der Waals surface area contributed by atoms with Crippen LogP contribution in [0.3, 0.4) is 0 Å². The van der Waals surface area contributed by atoms with Gasteiger partial charge in [-0.25, -0.2) is 9.18 Å². The summed E-state index contributed by atoms with van der Waals surface area (Å²) in [7, 11) is 0. The van der Waals surface area contributed by atoms with Crippen LogP contribution >= 0.6 is 0 Å². The Kier molecular flexibility index (Phi) is 3.78. The van der Waals surface area contributed by atoms with Gasteiger partial charge in [-0.3, -0.25) is 14.2 Å². The molecule has 1 aromatic heterocycles. The van der Waals surface area contributed by atoms with E-state index in [1.807, 2.05) is 0 Å². The number of nitrogens with zero attached hydrogens (tertiary/aromatic N) is 1. The second kappa shape index (κ2) is 5.34. The summed E-state index contributed by atoms with van der Waals surface area (Å²) in [5, 5.41) is 0. The summed E-state index contributed by atoms with van der Waals surface area (Å²) in [5.74, 6) is -1.25. The average molecular weight is 267 g/mol. The molecule has 0 N–H and O–H groups in total. The van der Waals surface area contributed by atoms with E-state index in [9.17, 15) is 18.8 Å². The summed E-state index contributed by atoms with van der Waals surface area (Å²) in [6.45, 7) is 1.58. The van der Waals surface area contributed by atoms with Gasteiger partial charge in [0.2, 0.25) is 0 Å². The third kappa shape index (κ3) is 2.43. The number of aromatic nitrogens is 1. The first-order valence-corrected chi connectivity index (χ1v) is 6.14. The minimum absolute atomic E-state index is 0.0297. The van der Waals surface area contributed by atoms with Crippen molar-refractivity contribution in [2.75, 3.05) is 6.61 Å². The van der Waals surface area contributed by atoms with Crippen LogP contribution in [-0.2, 0) is 16.0 Å². The summed E-state index contributed by atoms with van der Waals surface area (Å²) >= 11 is 0. The third-order valence-corrected chi connectivity index (χ3v) is 3.06. The fourth-order valence-corrected chi connectivity index (χ4v) is 2.22. The number of rotatable bonds is 3. The molecular weight excluding hydrogens is 253 g/mol. The molecule has 1 aromatic rings. The van der Waals surface area contributed by atoms with Crippen molar-refractivity contribution in [1.82, 2.24) is 4.57 Å². The van der Waals surface area contributed by atoms with Crippen LogP contribution in [0.2, 0.25) is 0 Å². The lowest BCUT2D eigenvalue weighted by Gasteiger charge is -2.21. The molecule has 0 fully saturated rings. The van der Waals surface area contributed by atoms with Crippen molar-refractivity contribution in [3.8, 4) is 0 Å². The summed E-state index contributed by atoms with van der Waals surface area (Å²) in [6, 6.07) is 2.50. The average Bonchev–Trinajstić information content (AvgIpc) is 2.38. The number of esters is 1. The molecule has 6 heteroatoms. The summed E-state index contributed by atoms with van der Waals surface area (Å²) in [5.41, 5.74) is -0.0453. The Morgan fingerprint density at radius 1 is 1.42 bits per heavy atom. The maximum Gasteiger partial charge on any atom is 0.362 e. The molecule has 0 spiro atoms. The van der Waals surface area contributed by atoms with Crippen molar-refractivity contribution < 1.29 is 18.7 Å². The molecule has 1 heterocycles. The van der Waals surface area contributed by atoms with Crippen LogP contribution in [0.1, 0.15) is 42.1 Å². The van der Waals surface area contributed by atoms with E-state index in [0.717, 1.165) is 10.6 Å². The van der Waals surface area contributed by atoms with Gasteiger partial charge in [0.05, 0.1) is 6.61 Å². The maximum absolute atomic E-state index is 14.1. The monoisotopic (exact) mass is 267 g/mol. The van der Waals surface area contributed by atoms with E-state index in [4.69, 9.17) is 0 Å². The minimum atomic E-state index is -2.20. The molecule has 1 atom stereocenters. The first-order chi connectivity index (χ1) is 9.06. The number of hydrogen-bond acceptors (Lipinski definition) is 4. The van der Waals surface area contributed by atoms with E-state index in [2.05, 4.69) is 4.74 Å². The maximum atomic E-state index is 14.1. The van der Waals surface area contributed by atoms with Crippen LogP contribution < -0.4 is 5.56 Å². The van der Waals surface area contributed by atoms with Gasteiger partial charge in [-0.05, 0) is 25.8 Å². The number of hydrogen-bond donors (Lipinski definition) is 0. The van der Waals surface area contributed by atoms with Gasteiger partial charge in [0, 0.05) is 23.7 Å². The molecule has 102 valence electrons.